The molecule has 114 valence electrons. The fraction of sp³-hybridized carbons (Fsp3) is 0.529. The molecule has 0 spiro atoms. The summed E-state index contributed by atoms with van der Waals surface area (Å²) >= 11 is 0. The summed E-state index contributed by atoms with van der Waals surface area (Å²) in [5.74, 6) is -0.405. The molecule has 0 saturated carbocycles. The third kappa shape index (κ3) is 3.09. The Morgan fingerprint density at radius 1 is 1.29 bits per heavy atom. The van der Waals surface area contributed by atoms with Gasteiger partial charge in [0.15, 0.2) is 0 Å². The van der Waals surface area contributed by atoms with E-state index in [4.69, 9.17) is 5.73 Å². The Morgan fingerprint density at radius 3 is 2.52 bits per heavy atom. The molecule has 0 aromatic heterocycles. The van der Waals surface area contributed by atoms with E-state index in [1.165, 1.54) is 0 Å². The maximum absolute atomic E-state index is 12.8. The minimum absolute atomic E-state index is 0.0475. The molecular weight excluding hydrogens is 264 g/mol. The van der Waals surface area contributed by atoms with Gasteiger partial charge in [0.25, 0.3) is 5.91 Å². The molecule has 2 amide bonds. The fourth-order valence-electron chi connectivity index (χ4n) is 3.25. The molecule has 0 aliphatic carbocycles. The molecule has 4 nitrogen and oxygen atoms in total. The summed E-state index contributed by atoms with van der Waals surface area (Å²) in [6.07, 6.45) is 4.92. The molecule has 0 radical (unpaired) electrons. The molecule has 0 atom stereocenters. The predicted octanol–water partition coefficient (Wildman–Crippen LogP) is 2.75. The number of carbonyl (C=O) groups excluding carboxylic acids is 2. The summed E-state index contributed by atoms with van der Waals surface area (Å²) < 4.78 is 0. The second kappa shape index (κ2) is 6.74. The number of primary amides is 1. The number of nitrogens with zero attached hydrogens (tertiary/aromatic N) is 1. The van der Waals surface area contributed by atoms with Crippen molar-refractivity contribution in [2.24, 2.45) is 5.73 Å². The van der Waals surface area contributed by atoms with Crippen LogP contribution in [0.2, 0.25) is 0 Å². The van der Waals surface area contributed by atoms with Crippen LogP contribution in [0, 0.1) is 0 Å². The molecule has 4 heteroatoms. The number of fused-ring (bicyclic) bond motifs is 1. The summed E-state index contributed by atoms with van der Waals surface area (Å²) in [6.45, 7) is 4.98. The predicted molar refractivity (Wildman–Crippen MR) is 83.3 cm³/mol. The van der Waals surface area contributed by atoms with Gasteiger partial charge in [-0.05, 0) is 37.0 Å². The van der Waals surface area contributed by atoms with Crippen molar-refractivity contribution in [2.75, 3.05) is 6.54 Å². The van der Waals surface area contributed by atoms with Crippen molar-refractivity contribution in [3.05, 3.63) is 34.9 Å². The minimum Gasteiger partial charge on any atom is -0.366 e. The lowest BCUT2D eigenvalue weighted by molar-refractivity contribution is 0.0637. The van der Waals surface area contributed by atoms with Gasteiger partial charge in [-0.3, -0.25) is 9.59 Å². The zero-order valence-electron chi connectivity index (χ0n) is 12.9. The normalized spacial score (nSPS) is 14.4. The zero-order chi connectivity index (χ0) is 15.4. The first kappa shape index (κ1) is 15.5. The second-order valence-electron chi connectivity index (χ2n) is 5.68. The number of nitrogens with two attached hydrogens (primary N) is 1. The van der Waals surface area contributed by atoms with Gasteiger partial charge in [0.1, 0.15) is 0 Å². The lowest BCUT2D eigenvalue weighted by atomic mass is 9.91. The summed E-state index contributed by atoms with van der Waals surface area (Å²) in [6, 6.07) is 5.57. The van der Waals surface area contributed by atoms with Crippen molar-refractivity contribution in [2.45, 2.75) is 52.0 Å². The Bertz CT molecular complexity index is 534. The van der Waals surface area contributed by atoms with Crippen molar-refractivity contribution in [1.82, 2.24) is 4.90 Å². The quantitative estimate of drug-likeness (QED) is 0.874. The van der Waals surface area contributed by atoms with Crippen molar-refractivity contribution in [1.29, 1.82) is 0 Å². The van der Waals surface area contributed by atoms with Gasteiger partial charge >= 0.3 is 0 Å². The number of carbonyl (C=O) groups is 2. The highest BCUT2D eigenvalue weighted by Crippen LogP contribution is 2.26. The number of rotatable bonds is 6. The highest BCUT2D eigenvalue weighted by Gasteiger charge is 2.30. The molecule has 0 saturated heterocycles. The van der Waals surface area contributed by atoms with Crippen LogP contribution in [-0.4, -0.2) is 29.3 Å². The SMILES string of the molecule is CCCC(CCC)N1CCc2c(C(N)=O)cccc2C1=O. The first-order chi connectivity index (χ1) is 10.1. The molecule has 0 bridgehead atoms. The first-order valence-electron chi connectivity index (χ1n) is 7.82. The number of hydrogen-bond donors (Lipinski definition) is 1. The van der Waals surface area contributed by atoms with Crippen molar-refractivity contribution >= 4 is 11.8 Å². The molecular formula is C17H24N2O2. The van der Waals surface area contributed by atoms with Gasteiger partial charge in [-0.2, -0.15) is 0 Å². The maximum Gasteiger partial charge on any atom is 0.254 e. The lowest BCUT2D eigenvalue weighted by Gasteiger charge is -2.36. The second-order valence-corrected chi connectivity index (χ2v) is 5.68. The highest BCUT2D eigenvalue weighted by molar-refractivity contribution is 6.02. The van der Waals surface area contributed by atoms with Crippen molar-refractivity contribution < 1.29 is 9.59 Å². The smallest absolute Gasteiger partial charge is 0.254 e. The van der Waals surface area contributed by atoms with Gasteiger partial charge in [0.2, 0.25) is 5.91 Å². The molecule has 2 N–H and O–H groups in total. The van der Waals surface area contributed by atoms with Gasteiger partial charge in [0.05, 0.1) is 0 Å². The molecule has 2 rings (SSSR count). The molecule has 1 aliphatic heterocycles. The lowest BCUT2D eigenvalue weighted by Crippen LogP contribution is -2.45. The van der Waals surface area contributed by atoms with Crippen LogP contribution in [0.15, 0.2) is 18.2 Å². The van der Waals surface area contributed by atoms with E-state index >= 15 is 0 Å². The molecule has 0 unspecified atom stereocenters. The molecule has 0 fully saturated rings. The van der Waals surface area contributed by atoms with E-state index in [1.54, 1.807) is 12.1 Å². The van der Waals surface area contributed by atoms with E-state index in [0.717, 1.165) is 31.2 Å². The summed E-state index contributed by atoms with van der Waals surface area (Å²) in [5.41, 5.74) is 7.36. The van der Waals surface area contributed by atoms with Crippen LogP contribution in [-0.2, 0) is 6.42 Å². The topological polar surface area (TPSA) is 63.4 Å². The molecule has 1 aliphatic rings. The number of benzene rings is 1. The van der Waals surface area contributed by atoms with E-state index in [1.807, 2.05) is 11.0 Å². The Hall–Kier alpha value is -1.84. The van der Waals surface area contributed by atoms with Crippen LogP contribution in [0.25, 0.3) is 0 Å². The highest BCUT2D eigenvalue weighted by atomic mass is 16.2. The standard InChI is InChI=1S/C17H24N2O2/c1-3-6-12(7-4-2)19-11-10-13-14(16(18)20)8-5-9-15(13)17(19)21/h5,8-9,12H,3-4,6-7,10-11H2,1-2H3,(H2,18,20). The first-order valence-corrected chi connectivity index (χ1v) is 7.82. The van der Waals surface area contributed by atoms with Gasteiger partial charge < -0.3 is 10.6 Å². The third-order valence-corrected chi connectivity index (χ3v) is 4.22. The van der Waals surface area contributed by atoms with Crippen LogP contribution in [0.4, 0.5) is 0 Å². The van der Waals surface area contributed by atoms with Gasteiger partial charge in [0, 0.05) is 23.7 Å². The minimum atomic E-state index is -0.452. The summed E-state index contributed by atoms with van der Waals surface area (Å²) in [5, 5.41) is 0. The summed E-state index contributed by atoms with van der Waals surface area (Å²) in [4.78, 5) is 26.2. The number of hydrogen-bond acceptors (Lipinski definition) is 2. The maximum atomic E-state index is 12.8. The third-order valence-electron chi connectivity index (χ3n) is 4.22. The van der Waals surface area contributed by atoms with E-state index in [2.05, 4.69) is 13.8 Å². The van der Waals surface area contributed by atoms with Crippen molar-refractivity contribution in [3.8, 4) is 0 Å². The Kier molecular flexibility index (Phi) is 4.99. The summed E-state index contributed by atoms with van der Waals surface area (Å²) in [7, 11) is 0. The van der Waals surface area contributed by atoms with E-state index < -0.39 is 5.91 Å². The largest absolute Gasteiger partial charge is 0.366 e. The van der Waals surface area contributed by atoms with Crippen LogP contribution in [0.1, 0.15) is 65.8 Å². The molecule has 21 heavy (non-hydrogen) atoms. The Labute approximate surface area is 126 Å². The Balaban J connectivity index is 2.32. The van der Waals surface area contributed by atoms with E-state index in [-0.39, 0.29) is 5.91 Å². The average molecular weight is 288 g/mol. The van der Waals surface area contributed by atoms with E-state index in [0.29, 0.717) is 30.1 Å². The fourth-order valence-corrected chi connectivity index (χ4v) is 3.25. The molecule has 1 aromatic carbocycles. The number of amides is 2. The van der Waals surface area contributed by atoms with Gasteiger partial charge in [-0.25, -0.2) is 0 Å². The monoisotopic (exact) mass is 288 g/mol. The van der Waals surface area contributed by atoms with Gasteiger partial charge in [-0.1, -0.05) is 32.8 Å². The van der Waals surface area contributed by atoms with Crippen LogP contribution in [0.5, 0.6) is 0 Å². The Morgan fingerprint density at radius 2 is 1.95 bits per heavy atom. The zero-order valence-corrected chi connectivity index (χ0v) is 12.9. The molecule has 1 aromatic rings. The van der Waals surface area contributed by atoms with Crippen molar-refractivity contribution in [3.63, 3.8) is 0 Å². The van der Waals surface area contributed by atoms with Crippen LogP contribution in [0.3, 0.4) is 0 Å². The van der Waals surface area contributed by atoms with Crippen LogP contribution < -0.4 is 5.73 Å². The van der Waals surface area contributed by atoms with Crippen LogP contribution >= 0.6 is 0 Å². The average Bonchev–Trinajstić information content (AvgIpc) is 2.47. The van der Waals surface area contributed by atoms with Gasteiger partial charge in [-0.15, -0.1) is 0 Å². The van der Waals surface area contributed by atoms with E-state index in [9.17, 15) is 9.59 Å². The molecule has 1 heterocycles.